The summed E-state index contributed by atoms with van der Waals surface area (Å²) in [5.74, 6) is 1.65. The van der Waals surface area contributed by atoms with Crippen molar-refractivity contribution >= 4 is 11.6 Å². The number of hydrogen-bond acceptors (Lipinski definition) is 0. The van der Waals surface area contributed by atoms with Crippen LogP contribution in [0.3, 0.4) is 0 Å². The fourth-order valence-corrected chi connectivity index (χ4v) is 1.72. The van der Waals surface area contributed by atoms with E-state index >= 15 is 0 Å². The van der Waals surface area contributed by atoms with Crippen LogP contribution in [0.5, 0.6) is 0 Å². The van der Waals surface area contributed by atoms with Crippen LogP contribution in [-0.2, 0) is 0 Å². The highest BCUT2D eigenvalue weighted by atomic mass is 35.5. The maximum atomic E-state index is 5.50. The van der Waals surface area contributed by atoms with Gasteiger partial charge in [0.2, 0.25) is 0 Å². The summed E-state index contributed by atoms with van der Waals surface area (Å²) in [5, 5.41) is 0. The van der Waals surface area contributed by atoms with E-state index in [4.69, 9.17) is 11.6 Å². The lowest BCUT2D eigenvalue weighted by molar-refractivity contribution is 0.558. The predicted molar refractivity (Wildman–Crippen MR) is 46.4 cm³/mol. The Labute approximate surface area is 68.3 Å². The molecule has 0 aromatic heterocycles. The van der Waals surface area contributed by atoms with E-state index in [0.29, 0.717) is 5.88 Å². The molecule has 1 aliphatic rings. The number of hydrogen-bond donors (Lipinski definition) is 0. The Kier molecular flexibility index (Phi) is 3.89. The van der Waals surface area contributed by atoms with Crippen LogP contribution in [0.4, 0.5) is 0 Å². The van der Waals surface area contributed by atoms with E-state index in [1.54, 1.807) is 0 Å². The Bertz CT molecular complexity index is 101. The van der Waals surface area contributed by atoms with E-state index in [-0.39, 0.29) is 0 Å². The summed E-state index contributed by atoms with van der Waals surface area (Å²) in [6.07, 6.45) is 11.3. The first-order valence-corrected chi connectivity index (χ1v) is 4.68. The Morgan fingerprint density at radius 2 is 1.90 bits per heavy atom. The lowest BCUT2D eigenvalue weighted by Crippen LogP contribution is -1.88. The first-order chi connectivity index (χ1) is 4.93. The van der Waals surface area contributed by atoms with E-state index in [2.05, 4.69) is 12.2 Å². The Morgan fingerprint density at radius 3 is 2.50 bits per heavy atom. The van der Waals surface area contributed by atoms with Crippen molar-refractivity contribution in [1.82, 2.24) is 0 Å². The second-order valence-corrected chi connectivity index (χ2v) is 3.32. The minimum absolute atomic E-state index is 0.673. The fraction of sp³-hybridized carbons (Fsp3) is 0.778. The second kappa shape index (κ2) is 4.79. The Balaban J connectivity index is 2.06. The molecule has 1 saturated carbocycles. The van der Waals surface area contributed by atoms with Crippen LogP contribution in [-0.4, -0.2) is 5.88 Å². The van der Waals surface area contributed by atoms with Gasteiger partial charge < -0.3 is 0 Å². The molecule has 0 amide bonds. The maximum Gasteiger partial charge on any atom is 0.0404 e. The molecule has 10 heavy (non-hydrogen) atoms. The quantitative estimate of drug-likeness (QED) is 0.437. The van der Waals surface area contributed by atoms with Crippen LogP contribution in [0.15, 0.2) is 12.2 Å². The lowest BCUT2D eigenvalue weighted by Gasteiger charge is -2.01. The third-order valence-corrected chi connectivity index (χ3v) is 2.38. The van der Waals surface area contributed by atoms with Gasteiger partial charge in [-0.05, 0) is 12.3 Å². The van der Waals surface area contributed by atoms with E-state index in [0.717, 1.165) is 5.92 Å². The molecular formula is C9H15Cl. The monoisotopic (exact) mass is 158 g/mol. The van der Waals surface area contributed by atoms with Gasteiger partial charge in [-0.1, -0.05) is 37.8 Å². The Morgan fingerprint density at radius 1 is 1.20 bits per heavy atom. The van der Waals surface area contributed by atoms with E-state index in [9.17, 15) is 0 Å². The third kappa shape index (κ3) is 2.74. The highest BCUT2D eigenvalue weighted by Crippen LogP contribution is 2.27. The average Bonchev–Trinajstić information content (AvgIpc) is 2.41. The third-order valence-electron chi connectivity index (χ3n) is 2.20. The summed E-state index contributed by atoms with van der Waals surface area (Å²) >= 11 is 5.50. The molecule has 1 aliphatic carbocycles. The summed E-state index contributed by atoms with van der Waals surface area (Å²) in [6, 6.07) is 0. The minimum atomic E-state index is 0.673. The van der Waals surface area contributed by atoms with Gasteiger partial charge in [0.15, 0.2) is 0 Å². The summed E-state index contributed by atoms with van der Waals surface area (Å²) < 4.78 is 0. The van der Waals surface area contributed by atoms with Gasteiger partial charge in [0, 0.05) is 5.88 Å². The van der Waals surface area contributed by atoms with Gasteiger partial charge in [0.05, 0.1) is 0 Å². The van der Waals surface area contributed by atoms with Crippen LogP contribution in [0.25, 0.3) is 0 Å². The molecule has 0 unspecified atom stereocenters. The Hall–Kier alpha value is 0.0300. The molecular weight excluding hydrogens is 144 g/mol. The van der Waals surface area contributed by atoms with E-state index in [1.807, 2.05) is 0 Å². The molecule has 0 spiro atoms. The molecule has 0 aliphatic heterocycles. The fourth-order valence-electron chi connectivity index (χ4n) is 1.60. The largest absolute Gasteiger partial charge is 0.122 e. The van der Waals surface area contributed by atoms with Crippen molar-refractivity contribution in [1.29, 1.82) is 0 Å². The van der Waals surface area contributed by atoms with Crippen molar-refractivity contribution in [2.75, 3.05) is 5.88 Å². The van der Waals surface area contributed by atoms with Crippen molar-refractivity contribution in [2.24, 2.45) is 5.92 Å². The van der Waals surface area contributed by atoms with E-state index < -0.39 is 0 Å². The van der Waals surface area contributed by atoms with E-state index in [1.165, 1.54) is 32.1 Å². The van der Waals surface area contributed by atoms with Crippen LogP contribution in [0.2, 0.25) is 0 Å². The molecule has 0 bridgehead atoms. The molecule has 0 aromatic carbocycles. The maximum absolute atomic E-state index is 5.50. The summed E-state index contributed by atoms with van der Waals surface area (Å²) in [4.78, 5) is 0. The molecule has 0 saturated heterocycles. The topological polar surface area (TPSA) is 0 Å². The van der Waals surface area contributed by atoms with Gasteiger partial charge in [-0.25, -0.2) is 0 Å². The lowest BCUT2D eigenvalue weighted by atomic mass is 10.0. The number of alkyl halides is 1. The summed E-state index contributed by atoms with van der Waals surface area (Å²) in [7, 11) is 0. The molecule has 0 atom stereocenters. The molecule has 0 nitrogen and oxygen atoms in total. The molecule has 1 fully saturated rings. The number of allylic oxidation sites excluding steroid dienone is 2. The van der Waals surface area contributed by atoms with Crippen LogP contribution >= 0.6 is 11.6 Å². The highest BCUT2D eigenvalue weighted by Gasteiger charge is 2.12. The molecule has 1 rings (SSSR count). The van der Waals surface area contributed by atoms with Crippen LogP contribution < -0.4 is 0 Å². The van der Waals surface area contributed by atoms with Gasteiger partial charge in [0.25, 0.3) is 0 Å². The molecule has 58 valence electrons. The van der Waals surface area contributed by atoms with Crippen molar-refractivity contribution in [2.45, 2.75) is 32.1 Å². The zero-order valence-corrected chi connectivity index (χ0v) is 7.11. The van der Waals surface area contributed by atoms with Crippen LogP contribution in [0, 0.1) is 5.92 Å². The van der Waals surface area contributed by atoms with Crippen molar-refractivity contribution in [3.8, 4) is 0 Å². The second-order valence-electron chi connectivity index (χ2n) is 3.01. The number of rotatable bonds is 3. The molecule has 0 heterocycles. The van der Waals surface area contributed by atoms with Crippen molar-refractivity contribution < 1.29 is 0 Å². The molecule has 0 N–H and O–H groups in total. The summed E-state index contributed by atoms with van der Waals surface area (Å²) in [6.45, 7) is 0. The predicted octanol–water partition coefficient (Wildman–Crippen LogP) is 3.36. The van der Waals surface area contributed by atoms with Gasteiger partial charge in [-0.3, -0.25) is 0 Å². The highest BCUT2D eigenvalue weighted by molar-refractivity contribution is 6.18. The number of halogens is 1. The molecule has 0 radical (unpaired) electrons. The standard InChI is InChI=1S/C9H15Cl/c10-8-4-3-7-9-5-1-2-6-9/h3-4,9H,1-2,5-8H2. The minimum Gasteiger partial charge on any atom is -0.122 e. The van der Waals surface area contributed by atoms with Gasteiger partial charge >= 0.3 is 0 Å². The van der Waals surface area contributed by atoms with Gasteiger partial charge in [-0.2, -0.15) is 0 Å². The molecule has 1 heteroatoms. The average molecular weight is 159 g/mol. The van der Waals surface area contributed by atoms with Crippen molar-refractivity contribution in [3.05, 3.63) is 12.2 Å². The smallest absolute Gasteiger partial charge is 0.0404 e. The SMILES string of the molecule is ClCC=CCC1CCCC1. The normalized spacial score (nSPS) is 20.9. The van der Waals surface area contributed by atoms with Crippen LogP contribution in [0.1, 0.15) is 32.1 Å². The van der Waals surface area contributed by atoms with Gasteiger partial charge in [0.1, 0.15) is 0 Å². The molecule has 0 aromatic rings. The van der Waals surface area contributed by atoms with Crippen molar-refractivity contribution in [3.63, 3.8) is 0 Å². The van der Waals surface area contributed by atoms with Gasteiger partial charge in [-0.15, -0.1) is 11.6 Å². The summed E-state index contributed by atoms with van der Waals surface area (Å²) in [5.41, 5.74) is 0. The zero-order chi connectivity index (χ0) is 7.23. The first-order valence-electron chi connectivity index (χ1n) is 4.14. The first kappa shape index (κ1) is 8.13. The zero-order valence-electron chi connectivity index (χ0n) is 6.35.